The molecule has 2 aliphatic rings. The molecule has 168 valence electrons. The van der Waals surface area contributed by atoms with Gasteiger partial charge < -0.3 is 25.0 Å². The van der Waals surface area contributed by atoms with Gasteiger partial charge in [0.2, 0.25) is 0 Å². The minimum absolute atomic E-state index is 0.667. The molecule has 1 aromatic rings. The van der Waals surface area contributed by atoms with E-state index in [1.54, 1.807) is 0 Å². The topological polar surface area (TPSA) is 71.0 Å². The van der Waals surface area contributed by atoms with Gasteiger partial charge in [-0.15, -0.1) is 0 Å². The largest absolute Gasteiger partial charge is 0.381 e. The summed E-state index contributed by atoms with van der Waals surface area (Å²) in [6.07, 6.45) is 10.3. The summed E-state index contributed by atoms with van der Waals surface area (Å²) in [5.74, 6) is 2.59. The fraction of sp³-hybridized carbons (Fsp3) is 0.739. The van der Waals surface area contributed by atoms with Crippen LogP contribution in [0, 0.1) is 5.92 Å². The van der Waals surface area contributed by atoms with Crippen molar-refractivity contribution in [2.45, 2.75) is 51.5 Å². The zero-order valence-corrected chi connectivity index (χ0v) is 18.6. The summed E-state index contributed by atoms with van der Waals surface area (Å²) in [5, 5.41) is 6.79. The highest BCUT2D eigenvalue weighted by Crippen LogP contribution is 2.18. The highest BCUT2D eigenvalue weighted by Gasteiger charge is 2.13. The summed E-state index contributed by atoms with van der Waals surface area (Å²) in [4.78, 5) is 11.3. The average Bonchev–Trinajstić information content (AvgIpc) is 3.09. The third-order valence-electron chi connectivity index (χ3n) is 5.88. The molecule has 0 aromatic carbocycles. The van der Waals surface area contributed by atoms with Crippen LogP contribution in [0.4, 0.5) is 5.82 Å². The van der Waals surface area contributed by atoms with Crippen molar-refractivity contribution in [1.29, 1.82) is 0 Å². The maximum absolute atomic E-state index is 5.83. The van der Waals surface area contributed by atoms with Crippen LogP contribution >= 0.6 is 0 Å². The number of hydrogen-bond donors (Lipinski definition) is 2. The first-order chi connectivity index (χ1) is 14.8. The molecule has 1 aromatic heterocycles. The minimum Gasteiger partial charge on any atom is -0.381 e. The predicted octanol–water partition coefficient (Wildman–Crippen LogP) is 2.96. The van der Waals surface area contributed by atoms with E-state index in [-0.39, 0.29) is 0 Å². The Labute approximate surface area is 181 Å². The lowest BCUT2D eigenvalue weighted by Gasteiger charge is -2.22. The summed E-state index contributed by atoms with van der Waals surface area (Å²) in [6, 6.07) is 4.28. The van der Waals surface area contributed by atoms with Crippen molar-refractivity contribution in [3.63, 3.8) is 0 Å². The van der Waals surface area contributed by atoms with Crippen molar-refractivity contribution in [2.75, 3.05) is 58.0 Å². The molecule has 0 atom stereocenters. The molecule has 2 aliphatic heterocycles. The second-order valence-corrected chi connectivity index (χ2v) is 8.26. The van der Waals surface area contributed by atoms with Crippen LogP contribution in [0.3, 0.4) is 0 Å². The van der Waals surface area contributed by atoms with E-state index in [9.17, 15) is 0 Å². The van der Waals surface area contributed by atoms with Gasteiger partial charge in [-0.2, -0.15) is 0 Å². The van der Waals surface area contributed by atoms with E-state index in [1.807, 2.05) is 13.2 Å². The fourth-order valence-corrected chi connectivity index (χ4v) is 3.99. The second kappa shape index (κ2) is 13.4. The Morgan fingerprint density at radius 3 is 2.77 bits per heavy atom. The lowest BCUT2D eigenvalue weighted by molar-refractivity contribution is 0.0203. The lowest BCUT2D eigenvalue weighted by atomic mass is 10.0. The Hall–Kier alpha value is -1.86. The first-order valence-corrected chi connectivity index (χ1v) is 11.6. The van der Waals surface area contributed by atoms with Crippen LogP contribution in [0.1, 0.15) is 50.5 Å². The second-order valence-electron chi connectivity index (χ2n) is 8.26. The van der Waals surface area contributed by atoms with Gasteiger partial charge in [0.1, 0.15) is 5.82 Å². The van der Waals surface area contributed by atoms with E-state index in [0.717, 1.165) is 83.6 Å². The zero-order chi connectivity index (χ0) is 20.9. The molecule has 2 N–H and O–H groups in total. The van der Waals surface area contributed by atoms with Crippen molar-refractivity contribution in [2.24, 2.45) is 10.9 Å². The molecule has 0 radical (unpaired) electrons. The molecule has 2 saturated heterocycles. The van der Waals surface area contributed by atoms with E-state index in [2.05, 4.69) is 37.6 Å². The maximum Gasteiger partial charge on any atom is 0.191 e. The smallest absolute Gasteiger partial charge is 0.191 e. The summed E-state index contributed by atoms with van der Waals surface area (Å²) in [6.45, 7) is 7.23. The molecular formula is C23H39N5O2. The highest BCUT2D eigenvalue weighted by atomic mass is 16.5. The van der Waals surface area contributed by atoms with Gasteiger partial charge in [-0.1, -0.05) is 12.8 Å². The normalized spacial score (nSPS) is 18.8. The number of ether oxygens (including phenoxy) is 2. The molecule has 0 bridgehead atoms. The van der Waals surface area contributed by atoms with E-state index >= 15 is 0 Å². The van der Waals surface area contributed by atoms with Gasteiger partial charge in [0.05, 0.1) is 0 Å². The van der Waals surface area contributed by atoms with Crippen LogP contribution in [0.25, 0.3) is 0 Å². The van der Waals surface area contributed by atoms with Crippen LogP contribution in [0.2, 0.25) is 0 Å². The fourth-order valence-electron chi connectivity index (χ4n) is 3.99. The molecule has 7 nitrogen and oxygen atoms in total. The number of nitrogens with one attached hydrogen (secondary N) is 2. The lowest BCUT2D eigenvalue weighted by Crippen LogP contribution is -2.37. The first kappa shape index (κ1) is 22.8. The van der Waals surface area contributed by atoms with Gasteiger partial charge in [-0.05, 0) is 55.7 Å². The monoisotopic (exact) mass is 417 g/mol. The maximum atomic E-state index is 5.83. The molecule has 0 amide bonds. The van der Waals surface area contributed by atoms with E-state index in [0.29, 0.717) is 5.92 Å². The minimum atomic E-state index is 0.667. The number of anilines is 1. The highest BCUT2D eigenvalue weighted by molar-refractivity contribution is 5.79. The van der Waals surface area contributed by atoms with Crippen LogP contribution in [0.5, 0.6) is 0 Å². The van der Waals surface area contributed by atoms with Crippen LogP contribution in [0.15, 0.2) is 23.3 Å². The third kappa shape index (κ3) is 8.11. The number of aromatic nitrogens is 1. The van der Waals surface area contributed by atoms with Crippen molar-refractivity contribution in [3.8, 4) is 0 Å². The van der Waals surface area contributed by atoms with Gasteiger partial charge in [-0.25, -0.2) is 4.98 Å². The van der Waals surface area contributed by atoms with Crippen molar-refractivity contribution < 1.29 is 9.47 Å². The van der Waals surface area contributed by atoms with Gasteiger partial charge in [-0.3, -0.25) is 4.99 Å². The predicted molar refractivity (Wildman–Crippen MR) is 122 cm³/mol. The molecule has 0 unspecified atom stereocenters. The van der Waals surface area contributed by atoms with Crippen LogP contribution in [-0.4, -0.2) is 64.1 Å². The number of pyridine rings is 1. The van der Waals surface area contributed by atoms with E-state index in [4.69, 9.17) is 9.47 Å². The Morgan fingerprint density at radius 2 is 2.00 bits per heavy atom. The molecule has 0 spiro atoms. The molecule has 30 heavy (non-hydrogen) atoms. The number of nitrogens with zero attached hydrogens (tertiary/aromatic N) is 3. The molecule has 7 heteroatoms. The Bertz CT molecular complexity index is 626. The standard InChI is InChI=1S/C23H39N5O2/c1-24-23(26-10-6-14-30-19-20-8-15-29-16-9-20)27-18-21-7-11-25-22(17-21)28-12-4-2-3-5-13-28/h7,11,17,20H,2-6,8-10,12-16,18-19H2,1H3,(H2,24,26,27). The van der Waals surface area contributed by atoms with Gasteiger partial charge in [0, 0.05) is 65.9 Å². The number of rotatable bonds is 9. The number of guanidine groups is 1. The van der Waals surface area contributed by atoms with E-state index in [1.165, 1.54) is 31.2 Å². The molecular weight excluding hydrogens is 378 g/mol. The molecule has 3 rings (SSSR count). The molecule has 2 fully saturated rings. The first-order valence-electron chi connectivity index (χ1n) is 11.6. The molecule has 0 saturated carbocycles. The number of aliphatic imine (C=N–C) groups is 1. The quantitative estimate of drug-likeness (QED) is 0.366. The molecule has 3 heterocycles. The van der Waals surface area contributed by atoms with Gasteiger partial charge >= 0.3 is 0 Å². The van der Waals surface area contributed by atoms with Gasteiger partial charge in [0.15, 0.2) is 5.96 Å². The third-order valence-corrected chi connectivity index (χ3v) is 5.88. The molecule has 0 aliphatic carbocycles. The zero-order valence-electron chi connectivity index (χ0n) is 18.6. The Kier molecular flexibility index (Phi) is 10.2. The van der Waals surface area contributed by atoms with Crippen molar-refractivity contribution in [3.05, 3.63) is 23.9 Å². The number of hydrogen-bond acceptors (Lipinski definition) is 5. The average molecular weight is 418 g/mol. The van der Waals surface area contributed by atoms with Crippen LogP contribution in [-0.2, 0) is 16.0 Å². The summed E-state index contributed by atoms with van der Waals surface area (Å²) >= 11 is 0. The van der Waals surface area contributed by atoms with Gasteiger partial charge in [0.25, 0.3) is 0 Å². The van der Waals surface area contributed by atoms with Crippen molar-refractivity contribution in [1.82, 2.24) is 15.6 Å². The van der Waals surface area contributed by atoms with Crippen molar-refractivity contribution >= 4 is 11.8 Å². The summed E-state index contributed by atoms with van der Waals surface area (Å²) < 4.78 is 11.2. The Balaban J connectivity index is 1.32. The summed E-state index contributed by atoms with van der Waals surface area (Å²) in [5.41, 5.74) is 1.23. The Morgan fingerprint density at radius 1 is 1.20 bits per heavy atom. The summed E-state index contributed by atoms with van der Waals surface area (Å²) in [7, 11) is 1.81. The van der Waals surface area contributed by atoms with E-state index < -0.39 is 0 Å². The van der Waals surface area contributed by atoms with Crippen LogP contribution < -0.4 is 15.5 Å². The SMILES string of the molecule is CN=C(NCCCOCC1CCOCC1)NCc1ccnc(N2CCCCCC2)c1.